The number of nitrogens with zero attached hydrogens (tertiary/aromatic N) is 1. The summed E-state index contributed by atoms with van der Waals surface area (Å²) in [4.78, 5) is 13.9. The monoisotopic (exact) mass is 231 g/mol. The number of benzene rings is 1. The molecule has 1 aromatic carbocycles. The van der Waals surface area contributed by atoms with Crippen molar-refractivity contribution < 1.29 is 9.53 Å². The first-order valence-electron chi connectivity index (χ1n) is 6.11. The Hall–Kier alpha value is -1.44. The molecule has 0 N–H and O–H groups in total. The Kier molecular flexibility index (Phi) is 4.48. The normalized spacial score (nSPS) is 24.0. The average molecular weight is 231 g/mol. The third-order valence-corrected chi connectivity index (χ3v) is 3.21. The number of ether oxygens (including phenoxy) is 1. The van der Waals surface area contributed by atoms with Crippen molar-refractivity contribution in [2.45, 2.75) is 44.4 Å². The largest absolute Gasteiger partial charge is 0.374 e. The zero-order chi connectivity index (χ0) is 11.9. The van der Waals surface area contributed by atoms with Crippen LogP contribution in [0.1, 0.15) is 31.2 Å². The van der Waals surface area contributed by atoms with E-state index in [-0.39, 0.29) is 6.04 Å². The van der Waals surface area contributed by atoms with Crippen molar-refractivity contribution in [1.29, 1.82) is 0 Å². The van der Waals surface area contributed by atoms with E-state index in [2.05, 4.69) is 17.1 Å². The van der Waals surface area contributed by atoms with Crippen molar-refractivity contribution in [3.63, 3.8) is 0 Å². The molecule has 0 aromatic heterocycles. The van der Waals surface area contributed by atoms with E-state index in [1.54, 1.807) is 6.08 Å². The Labute approximate surface area is 102 Å². The Bertz CT molecular complexity index is 376. The summed E-state index contributed by atoms with van der Waals surface area (Å²) < 4.78 is 5.86. The Morgan fingerprint density at radius 3 is 2.53 bits per heavy atom. The van der Waals surface area contributed by atoms with Gasteiger partial charge in [0, 0.05) is 0 Å². The lowest BCUT2D eigenvalue weighted by Crippen LogP contribution is -2.23. The molecule has 0 amide bonds. The molecule has 0 radical (unpaired) electrons. The van der Waals surface area contributed by atoms with Gasteiger partial charge in [-0.15, -0.1) is 0 Å². The Morgan fingerprint density at radius 2 is 1.88 bits per heavy atom. The highest BCUT2D eigenvalue weighted by Crippen LogP contribution is 2.23. The second kappa shape index (κ2) is 6.33. The number of hydrogen-bond donors (Lipinski definition) is 0. The maximum Gasteiger partial charge on any atom is 0.235 e. The lowest BCUT2D eigenvalue weighted by molar-refractivity contribution is 0.0139. The van der Waals surface area contributed by atoms with Crippen LogP contribution in [-0.2, 0) is 16.1 Å². The van der Waals surface area contributed by atoms with Crippen molar-refractivity contribution in [3.8, 4) is 0 Å². The van der Waals surface area contributed by atoms with Crippen LogP contribution >= 0.6 is 0 Å². The zero-order valence-corrected chi connectivity index (χ0v) is 9.84. The fraction of sp³-hybridized carbons (Fsp3) is 0.500. The molecule has 0 bridgehead atoms. The van der Waals surface area contributed by atoms with Gasteiger partial charge in [0.2, 0.25) is 6.08 Å². The molecule has 2 rings (SSSR count). The van der Waals surface area contributed by atoms with Gasteiger partial charge in [-0.2, -0.15) is 0 Å². The minimum absolute atomic E-state index is 0.170. The number of hydrogen-bond acceptors (Lipinski definition) is 3. The first-order chi connectivity index (χ1) is 8.38. The molecule has 0 saturated heterocycles. The van der Waals surface area contributed by atoms with Gasteiger partial charge in [-0.25, -0.2) is 9.79 Å². The molecule has 1 aromatic rings. The maximum absolute atomic E-state index is 10.1. The van der Waals surface area contributed by atoms with Crippen molar-refractivity contribution >= 4 is 6.08 Å². The first kappa shape index (κ1) is 12.0. The van der Waals surface area contributed by atoms with Gasteiger partial charge in [0.25, 0.3) is 0 Å². The summed E-state index contributed by atoms with van der Waals surface area (Å²) >= 11 is 0. The standard InChI is InChI=1S/C14H17NO2/c16-11-15-13-6-8-14(9-7-13)17-10-12-4-2-1-3-5-12/h1-5,13-14H,6-10H2. The smallest absolute Gasteiger partial charge is 0.235 e. The van der Waals surface area contributed by atoms with Crippen LogP contribution in [0.15, 0.2) is 35.3 Å². The van der Waals surface area contributed by atoms with Crippen molar-refractivity contribution in [2.75, 3.05) is 0 Å². The second-order valence-corrected chi connectivity index (χ2v) is 4.45. The third kappa shape index (κ3) is 3.81. The van der Waals surface area contributed by atoms with Gasteiger partial charge in [-0.05, 0) is 31.2 Å². The number of carbonyl (C=O) groups excluding carboxylic acids is 1. The highest BCUT2D eigenvalue weighted by atomic mass is 16.5. The molecule has 1 saturated carbocycles. The number of aliphatic imine (C=N–C) groups is 1. The van der Waals surface area contributed by atoms with E-state index in [0.717, 1.165) is 25.7 Å². The average Bonchev–Trinajstić information content (AvgIpc) is 2.40. The fourth-order valence-electron chi connectivity index (χ4n) is 2.20. The summed E-state index contributed by atoms with van der Waals surface area (Å²) in [5.74, 6) is 0. The summed E-state index contributed by atoms with van der Waals surface area (Å²) in [7, 11) is 0. The molecule has 3 heteroatoms. The van der Waals surface area contributed by atoms with Gasteiger partial charge in [0.05, 0.1) is 18.8 Å². The molecule has 0 aliphatic heterocycles. The molecule has 1 aliphatic rings. The molecule has 90 valence electrons. The Morgan fingerprint density at radius 1 is 1.18 bits per heavy atom. The van der Waals surface area contributed by atoms with E-state index >= 15 is 0 Å². The van der Waals surface area contributed by atoms with Crippen LogP contribution in [0.25, 0.3) is 0 Å². The topological polar surface area (TPSA) is 38.7 Å². The maximum atomic E-state index is 10.1. The van der Waals surface area contributed by atoms with E-state index in [1.165, 1.54) is 5.56 Å². The summed E-state index contributed by atoms with van der Waals surface area (Å²) in [6.07, 6.45) is 5.81. The highest BCUT2D eigenvalue weighted by molar-refractivity contribution is 5.33. The van der Waals surface area contributed by atoms with Crippen molar-refractivity contribution in [1.82, 2.24) is 0 Å². The van der Waals surface area contributed by atoms with Crippen LogP contribution in [0.3, 0.4) is 0 Å². The van der Waals surface area contributed by atoms with Gasteiger partial charge in [0.1, 0.15) is 0 Å². The zero-order valence-electron chi connectivity index (χ0n) is 9.84. The van der Waals surface area contributed by atoms with E-state index in [9.17, 15) is 4.79 Å². The van der Waals surface area contributed by atoms with Crippen LogP contribution in [-0.4, -0.2) is 18.2 Å². The van der Waals surface area contributed by atoms with Gasteiger partial charge in [0.15, 0.2) is 0 Å². The first-order valence-corrected chi connectivity index (χ1v) is 6.11. The third-order valence-electron chi connectivity index (χ3n) is 3.21. The predicted octanol–water partition coefficient (Wildman–Crippen LogP) is 2.85. The summed E-state index contributed by atoms with van der Waals surface area (Å²) in [5.41, 5.74) is 1.21. The summed E-state index contributed by atoms with van der Waals surface area (Å²) in [5, 5.41) is 0. The number of rotatable bonds is 4. The second-order valence-electron chi connectivity index (χ2n) is 4.45. The van der Waals surface area contributed by atoms with Gasteiger partial charge < -0.3 is 4.74 Å². The molecule has 1 aliphatic carbocycles. The molecule has 3 nitrogen and oxygen atoms in total. The van der Waals surface area contributed by atoms with Crippen molar-refractivity contribution in [2.24, 2.45) is 4.99 Å². The van der Waals surface area contributed by atoms with Gasteiger partial charge in [-0.3, -0.25) is 0 Å². The molecule has 17 heavy (non-hydrogen) atoms. The van der Waals surface area contributed by atoms with Crippen LogP contribution in [0.2, 0.25) is 0 Å². The molecule has 0 unspecified atom stereocenters. The molecule has 0 atom stereocenters. The molecule has 1 fully saturated rings. The van der Waals surface area contributed by atoms with Gasteiger partial charge in [-0.1, -0.05) is 30.3 Å². The van der Waals surface area contributed by atoms with Crippen LogP contribution < -0.4 is 0 Å². The lowest BCUT2D eigenvalue weighted by atomic mass is 9.93. The van der Waals surface area contributed by atoms with Crippen molar-refractivity contribution in [3.05, 3.63) is 35.9 Å². The molecule has 0 spiro atoms. The minimum Gasteiger partial charge on any atom is -0.374 e. The van der Waals surface area contributed by atoms with E-state index < -0.39 is 0 Å². The van der Waals surface area contributed by atoms with E-state index in [4.69, 9.17) is 4.74 Å². The molecular weight excluding hydrogens is 214 g/mol. The fourth-order valence-corrected chi connectivity index (χ4v) is 2.20. The molecule has 0 heterocycles. The SMILES string of the molecule is O=C=NC1CCC(OCc2ccccc2)CC1. The molecular formula is C14H17NO2. The van der Waals surface area contributed by atoms with Crippen LogP contribution in [0.5, 0.6) is 0 Å². The predicted molar refractivity (Wildman–Crippen MR) is 65.4 cm³/mol. The van der Waals surface area contributed by atoms with E-state index in [0.29, 0.717) is 12.7 Å². The van der Waals surface area contributed by atoms with Gasteiger partial charge >= 0.3 is 0 Å². The number of isocyanates is 1. The summed E-state index contributed by atoms with van der Waals surface area (Å²) in [6.45, 7) is 0.674. The van der Waals surface area contributed by atoms with Crippen LogP contribution in [0, 0.1) is 0 Å². The van der Waals surface area contributed by atoms with E-state index in [1.807, 2.05) is 18.2 Å². The Balaban J connectivity index is 1.73. The summed E-state index contributed by atoms with van der Waals surface area (Å²) in [6, 6.07) is 10.4. The minimum atomic E-state index is 0.170. The lowest BCUT2D eigenvalue weighted by Gasteiger charge is -2.25. The highest BCUT2D eigenvalue weighted by Gasteiger charge is 2.20. The quantitative estimate of drug-likeness (QED) is 0.590. The van der Waals surface area contributed by atoms with Crippen LogP contribution in [0.4, 0.5) is 0 Å².